The predicted octanol–water partition coefficient (Wildman–Crippen LogP) is 4.05. The summed E-state index contributed by atoms with van der Waals surface area (Å²) in [6.07, 6.45) is 0.942. The molecule has 1 fully saturated rings. The van der Waals surface area contributed by atoms with Gasteiger partial charge in [-0.3, -0.25) is 4.90 Å². The van der Waals surface area contributed by atoms with E-state index in [-0.39, 0.29) is 0 Å². The van der Waals surface area contributed by atoms with Crippen molar-refractivity contribution >= 4 is 28.7 Å². The average molecular weight is 453 g/mol. The molecule has 7 heteroatoms. The van der Waals surface area contributed by atoms with Crippen LogP contribution in [0.5, 0.6) is 5.75 Å². The molecule has 0 aliphatic carbocycles. The maximum Gasteiger partial charge on any atom is 0.169 e. The van der Waals surface area contributed by atoms with Crippen molar-refractivity contribution in [3.8, 4) is 16.3 Å². The van der Waals surface area contributed by atoms with E-state index in [0.29, 0.717) is 0 Å². The molecule has 4 rings (SSSR count). The number of aromatic nitrogens is 1. The zero-order valence-corrected chi connectivity index (χ0v) is 19.4. The summed E-state index contributed by atoms with van der Waals surface area (Å²) < 4.78 is 5.21. The lowest BCUT2D eigenvalue weighted by Gasteiger charge is -2.36. The molecule has 1 saturated heterocycles. The number of nitrogens with one attached hydrogen (secondary N) is 1. The third-order valence-corrected chi connectivity index (χ3v) is 6.81. The molecular formula is C24H28N4OS2. The Morgan fingerprint density at radius 1 is 1.06 bits per heavy atom. The molecule has 31 heavy (non-hydrogen) atoms. The minimum atomic E-state index is 0.840. The molecule has 0 unspecified atom stereocenters. The Kier molecular flexibility index (Phi) is 7.51. The molecule has 1 aromatic heterocycles. The van der Waals surface area contributed by atoms with E-state index in [1.807, 2.05) is 18.2 Å². The molecule has 0 amide bonds. The Morgan fingerprint density at radius 2 is 1.81 bits per heavy atom. The summed E-state index contributed by atoms with van der Waals surface area (Å²) in [6.45, 7) is 5.63. The van der Waals surface area contributed by atoms with Gasteiger partial charge in [0.1, 0.15) is 10.8 Å². The van der Waals surface area contributed by atoms with E-state index in [2.05, 4.69) is 56.9 Å². The topological polar surface area (TPSA) is 40.6 Å². The summed E-state index contributed by atoms with van der Waals surface area (Å²) in [5.41, 5.74) is 3.62. The third-order valence-electron chi connectivity index (χ3n) is 5.47. The smallest absolute Gasteiger partial charge is 0.169 e. The van der Waals surface area contributed by atoms with Gasteiger partial charge in [-0.2, -0.15) is 0 Å². The maximum absolute atomic E-state index is 5.62. The summed E-state index contributed by atoms with van der Waals surface area (Å²) >= 11 is 7.34. The van der Waals surface area contributed by atoms with Gasteiger partial charge in [0.2, 0.25) is 0 Å². The van der Waals surface area contributed by atoms with Gasteiger partial charge in [0.05, 0.1) is 12.8 Å². The number of hydrogen-bond donors (Lipinski definition) is 1. The van der Waals surface area contributed by atoms with Crippen LogP contribution in [-0.2, 0) is 13.0 Å². The van der Waals surface area contributed by atoms with Crippen molar-refractivity contribution in [2.45, 2.75) is 13.0 Å². The zero-order chi connectivity index (χ0) is 21.5. The summed E-state index contributed by atoms with van der Waals surface area (Å²) in [4.78, 5) is 9.56. The number of ether oxygens (including phenoxy) is 1. The SMILES string of the molecule is COc1ccc(CCNC(=S)N2CCN(Cc3csc(-c4ccccc4)n3)CC2)cc1. The van der Waals surface area contributed by atoms with E-state index in [4.69, 9.17) is 21.9 Å². The lowest BCUT2D eigenvalue weighted by atomic mass is 10.1. The van der Waals surface area contributed by atoms with Crippen LogP contribution in [0.4, 0.5) is 0 Å². The van der Waals surface area contributed by atoms with Gasteiger partial charge < -0.3 is 15.0 Å². The van der Waals surface area contributed by atoms with Crippen molar-refractivity contribution in [1.82, 2.24) is 20.1 Å². The number of hydrogen-bond acceptors (Lipinski definition) is 5. The first-order valence-corrected chi connectivity index (χ1v) is 11.9. The van der Waals surface area contributed by atoms with Crippen molar-refractivity contribution in [1.29, 1.82) is 0 Å². The Balaban J connectivity index is 1.19. The van der Waals surface area contributed by atoms with Crippen molar-refractivity contribution in [2.75, 3.05) is 39.8 Å². The number of nitrogens with zero attached hydrogens (tertiary/aromatic N) is 3. The van der Waals surface area contributed by atoms with Crippen LogP contribution in [0.2, 0.25) is 0 Å². The second-order valence-electron chi connectivity index (χ2n) is 7.60. The fourth-order valence-corrected chi connectivity index (χ4v) is 4.75. The second-order valence-corrected chi connectivity index (χ2v) is 8.85. The summed E-state index contributed by atoms with van der Waals surface area (Å²) in [7, 11) is 1.69. The summed E-state index contributed by atoms with van der Waals surface area (Å²) in [6, 6.07) is 18.6. The van der Waals surface area contributed by atoms with Crippen LogP contribution < -0.4 is 10.1 Å². The number of methoxy groups -OCH3 is 1. The molecule has 2 aromatic carbocycles. The van der Waals surface area contributed by atoms with E-state index < -0.39 is 0 Å². The molecule has 5 nitrogen and oxygen atoms in total. The number of piperazine rings is 1. The Morgan fingerprint density at radius 3 is 2.52 bits per heavy atom. The highest BCUT2D eigenvalue weighted by Crippen LogP contribution is 2.24. The van der Waals surface area contributed by atoms with Crippen LogP contribution in [0, 0.1) is 0 Å². The zero-order valence-electron chi connectivity index (χ0n) is 17.8. The fourth-order valence-electron chi connectivity index (χ4n) is 3.65. The van der Waals surface area contributed by atoms with Crippen LogP contribution in [0.15, 0.2) is 60.0 Å². The molecule has 3 aromatic rings. The molecule has 162 valence electrons. The minimum Gasteiger partial charge on any atom is -0.497 e. The van der Waals surface area contributed by atoms with Gasteiger partial charge >= 0.3 is 0 Å². The molecule has 0 spiro atoms. The van der Waals surface area contributed by atoms with Gasteiger partial charge in [0, 0.05) is 50.2 Å². The van der Waals surface area contributed by atoms with Crippen molar-refractivity contribution in [2.24, 2.45) is 0 Å². The van der Waals surface area contributed by atoms with Gasteiger partial charge in [-0.15, -0.1) is 11.3 Å². The van der Waals surface area contributed by atoms with E-state index >= 15 is 0 Å². The predicted molar refractivity (Wildman–Crippen MR) is 132 cm³/mol. The Hall–Kier alpha value is -2.48. The van der Waals surface area contributed by atoms with Crippen LogP contribution >= 0.6 is 23.6 Å². The van der Waals surface area contributed by atoms with Gasteiger partial charge in [-0.25, -0.2) is 4.98 Å². The lowest BCUT2D eigenvalue weighted by molar-refractivity contribution is 0.173. The number of thiocarbonyl (C=S) groups is 1. The van der Waals surface area contributed by atoms with Gasteiger partial charge in [-0.1, -0.05) is 42.5 Å². The van der Waals surface area contributed by atoms with E-state index in [9.17, 15) is 0 Å². The molecule has 1 aliphatic rings. The molecule has 0 atom stereocenters. The monoisotopic (exact) mass is 452 g/mol. The van der Waals surface area contributed by atoms with E-state index in [1.165, 1.54) is 11.1 Å². The van der Waals surface area contributed by atoms with Crippen molar-refractivity contribution < 1.29 is 4.74 Å². The highest BCUT2D eigenvalue weighted by molar-refractivity contribution is 7.80. The average Bonchev–Trinajstić information content (AvgIpc) is 3.29. The van der Waals surface area contributed by atoms with E-state index in [1.54, 1.807) is 18.4 Å². The first kappa shape index (κ1) is 21.7. The summed E-state index contributed by atoms with van der Waals surface area (Å²) in [5.74, 6) is 0.888. The second kappa shape index (κ2) is 10.7. The highest BCUT2D eigenvalue weighted by atomic mass is 32.1. The van der Waals surface area contributed by atoms with Crippen LogP contribution in [0.3, 0.4) is 0 Å². The van der Waals surface area contributed by atoms with Gasteiger partial charge in [0.25, 0.3) is 0 Å². The van der Waals surface area contributed by atoms with Crippen molar-refractivity contribution in [3.63, 3.8) is 0 Å². The number of thiazole rings is 1. The summed E-state index contributed by atoms with van der Waals surface area (Å²) in [5, 5.41) is 7.54. The standard InChI is InChI=1S/C24H28N4OS2/c1-29-22-9-7-19(8-10-22)11-12-25-24(30)28-15-13-27(14-16-28)17-21-18-31-23(26-21)20-5-3-2-4-6-20/h2-10,18H,11-17H2,1H3,(H,25,30). The molecule has 0 saturated carbocycles. The molecule has 0 radical (unpaired) electrons. The van der Waals surface area contributed by atoms with E-state index in [0.717, 1.165) is 67.3 Å². The normalized spacial score (nSPS) is 14.4. The van der Waals surface area contributed by atoms with Crippen LogP contribution in [0.1, 0.15) is 11.3 Å². The van der Waals surface area contributed by atoms with Crippen LogP contribution in [0.25, 0.3) is 10.6 Å². The lowest BCUT2D eigenvalue weighted by Crippen LogP contribution is -2.51. The quantitative estimate of drug-likeness (QED) is 0.546. The molecule has 0 bridgehead atoms. The molecule has 2 heterocycles. The van der Waals surface area contributed by atoms with Gasteiger partial charge in [-0.05, 0) is 36.3 Å². The first-order chi connectivity index (χ1) is 15.2. The maximum atomic E-state index is 5.62. The highest BCUT2D eigenvalue weighted by Gasteiger charge is 2.19. The minimum absolute atomic E-state index is 0.840. The molecular weight excluding hydrogens is 424 g/mol. The molecule has 1 N–H and O–H groups in total. The largest absolute Gasteiger partial charge is 0.497 e. The van der Waals surface area contributed by atoms with Gasteiger partial charge in [0.15, 0.2) is 5.11 Å². The number of benzene rings is 2. The number of rotatable bonds is 7. The van der Waals surface area contributed by atoms with Crippen LogP contribution in [-0.4, -0.2) is 59.7 Å². The Bertz CT molecular complexity index is 967. The molecule has 1 aliphatic heterocycles. The third kappa shape index (κ3) is 6.03. The first-order valence-electron chi connectivity index (χ1n) is 10.6. The van der Waals surface area contributed by atoms with Crippen molar-refractivity contribution in [3.05, 3.63) is 71.2 Å². The Labute approximate surface area is 193 Å². The fraction of sp³-hybridized carbons (Fsp3) is 0.333.